The fourth-order valence-electron chi connectivity index (χ4n) is 2.81. The zero-order valence-corrected chi connectivity index (χ0v) is 12.0. The molecule has 17 heavy (non-hydrogen) atoms. The van der Waals surface area contributed by atoms with Crippen LogP contribution >= 0.6 is 11.3 Å². The van der Waals surface area contributed by atoms with Gasteiger partial charge in [0.1, 0.15) is 0 Å². The van der Waals surface area contributed by atoms with E-state index in [1.54, 1.807) is 0 Å². The van der Waals surface area contributed by atoms with Crippen LogP contribution in [0.15, 0.2) is 11.4 Å². The van der Waals surface area contributed by atoms with Crippen LogP contribution in [-0.4, -0.2) is 24.5 Å². The lowest BCUT2D eigenvalue weighted by Gasteiger charge is -2.39. The van der Waals surface area contributed by atoms with Crippen molar-refractivity contribution in [2.75, 3.05) is 19.6 Å². The van der Waals surface area contributed by atoms with E-state index in [0.29, 0.717) is 12.0 Å². The lowest BCUT2D eigenvalue weighted by atomic mass is 9.86. The summed E-state index contributed by atoms with van der Waals surface area (Å²) in [4.78, 5) is 4.13. The Kier molecular flexibility index (Phi) is 4.23. The van der Waals surface area contributed by atoms with Crippen LogP contribution in [0.3, 0.4) is 0 Å². The number of rotatable bonds is 3. The highest BCUT2D eigenvalue weighted by atomic mass is 32.1. The summed E-state index contributed by atoms with van der Waals surface area (Å²) < 4.78 is 0. The van der Waals surface area contributed by atoms with Crippen molar-refractivity contribution in [3.8, 4) is 0 Å². The van der Waals surface area contributed by atoms with E-state index in [0.717, 1.165) is 19.0 Å². The molecule has 1 aliphatic heterocycles. The Morgan fingerprint density at radius 3 is 2.94 bits per heavy atom. The second-order valence-electron chi connectivity index (χ2n) is 5.40. The number of nitrogens with zero attached hydrogens (tertiary/aromatic N) is 1. The molecule has 2 N–H and O–H groups in total. The first-order valence-corrected chi connectivity index (χ1v) is 7.49. The third-order valence-corrected chi connectivity index (χ3v) is 5.47. The van der Waals surface area contributed by atoms with Crippen LogP contribution in [0.2, 0.25) is 0 Å². The molecule has 0 radical (unpaired) electrons. The average Bonchev–Trinajstić information content (AvgIpc) is 2.75. The van der Waals surface area contributed by atoms with Gasteiger partial charge in [-0.25, -0.2) is 0 Å². The number of aryl methyl sites for hydroxylation is 1. The van der Waals surface area contributed by atoms with Crippen molar-refractivity contribution in [3.63, 3.8) is 0 Å². The lowest BCUT2D eigenvalue weighted by Crippen LogP contribution is -2.43. The first-order valence-electron chi connectivity index (χ1n) is 6.61. The summed E-state index contributed by atoms with van der Waals surface area (Å²) in [6, 6.07) is 2.78. The summed E-state index contributed by atoms with van der Waals surface area (Å²) >= 11 is 1.89. The minimum Gasteiger partial charge on any atom is -0.330 e. The predicted molar refractivity (Wildman–Crippen MR) is 75.4 cm³/mol. The van der Waals surface area contributed by atoms with Crippen LogP contribution in [0.1, 0.15) is 36.8 Å². The summed E-state index contributed by atoms with van der Waals surface area (Å²) in [5.41, 5.74) is 7.32. The molecule has 1 aromatic rings. The summed E-state index contributed by atoms with van der Waals surface area (Å²) in [5.74, 6) is 1.46. The largest absolute Gasteiger partial charge is 0.330 e. The summed E-state index contributed by atoms with van der Waals surface area (Å²) in [5, 5.41) is 2.20. The van der Waals surface area contributed by atoms with E-state index < -0.39 is 0 Å². The number of hydrogen-bond acceptors (Lipinski definition) is 3. The maximum absolute atomic E-state index is 5.88. The third-order valence-electron chi connectivity index (χ3n) is 4.28. The van der Waals surface area contributed by atoms with Gasteiger partial charge in [-0.15, -0.1) is 11.3 Å². The van der Waals surface area contributed by atoms with Crippen LogP contribution in [-0.2, 0) is 0 Å². The van der Waals surface area contributed by atoms with Gasteiger partial charge >= 0.3 is 0 Å². The molecular weight excluding hydrogens is 228 g/mol. The van der Waals surface area contributed by atoms with Crippen molar-refractivity contribution in [1.29, 1.82) is 0 Å². The normalized spacial score (nSPS) is 28.2. The summed E-state index contributed by atoms with van der Waals surface area (Å²) in [7, 11) is 0. The molecule has 2 heterocycles. The highest BCUT2D eigenvalue weighted by Gasteiger charge is 2.28. The third kappa shape index (κ3) is 2.72. The van der Waals surface area contributed by atoms with Gasteiger partial charge in [-0.1, -0.05) is 6.92 Å². The Bertz CT molecular complexity index is 361. The molecule has 0 bridgehead atoms. The number of likely N-dealkylation sites (tertiary alicyclic amines) is 1. The van der Waals surface area contributed by atoms with Crippen molar-refractivity contribution in [3.05, 3.63) is 21.9 Å². The molecule has 1 fully saturated rings. The van der Waals surface area contributed by atoms with Gasteiger partial charge in [0.25, 0.3) is 0 Å². The minimum absolute atomic E-state index is 0.552. The molecule has 0 saturated carbocycles. The molecule has 96 valence electrons. The standard InChI is InChI=1S/C14H24N2S/c1-10-4-6-16(9-13(10)8-15)12(3)14-11(2)5-7-17-14/h5,7,10,12-13H,4,6,8-9,15H2,1-3H3. The Labute approximate surface area is 109 Å². The summed E-state index contributed by atoms with van der Waals surface area (Å²) in [6.45, 7) is 10.1. The number of nitrogens with two attached hydrogens (primary N) is 1. The van der Waals surface area contributed by atoms with Gasteiger partial charge in [-0.2, -0.15) is 0 Å². The van der Waals surface area contributed by atoms with Gasteiger partial charge in [-0.05, 0) is 62.2 Å². The van der Waals surface area contributed by atoms with E-state index in [2.05, 4.69) is 37.1 Å². The molecule has 1 saturated heterocycles. The molecule has 0 aliphatic carbocycles. The van der Waals surface area contributed by atoms with Gasteiger partial charge < -0.3 is 5.73 Å². The van der Waals surface area contributed by atoms with Crippen LogP contribution in [0.25, 0.3) is 0 Å². The molecule has 0 amide bonds. The van der Waals surface area contributed by atoms with Gasteiger partial charge in [-0.3, -0.25) is 4.90 Å². The van der Waals surface area contributed by atoms with Crippen molar-refractivity contribution in [2.24, 2.45) is 17.6 Å². The van der Waals surface area contributed by atoms with Crippen molar-refractivity contribution in [1.82, 2.24) is 4.90 Å². The highest BCUT2D eigenvalue weighted by Crippen LogP contribution is 2.33. The predicted octanol–water partition coefficient (Wildman–Crippen LogP) is 3.03. The van der Waals surface area contributed by atoms with E-state index in [1.807, 2.05) is 11.3 Å². The topological polar surface area (TPSA) is 29.3 Å². The molecule has 1 aliphatic rings. The van der Waals surface area contributed by atoms with Gasteiger partial charge in [0.2, 0.25) is 0 Å². The fraction of sp³-hybridized carbons (Fsp3) is 0.714. The van der Waals surface area contributed by atoms with Crippen molar-refractivity contribution >= 4 is 11.3 Å². The SMILES string of the molecule is Cc1ccsc1C(C)N1CCC(C)C(CN)C1. The first-order chi connectivity index (χ1) is 8.13. The van der Waals surface area contributed by atoms with Gasteiger partial charge in [0.05, 0.1) is 0 Å². The van der Waals surface area contributed by atoms with E-state index >= 15 is 0 Å². The monoisotopic (exact) mass is 252 g/mol. The molecule has 2 rings (SSSR count). The van der Waals surface area contributed by atoms with E-state index in [4.69, 9.17) is 5.73 Å². The van der Waals surface area contributed by atoms with Crippen LogP contribution < -0.4 is 5.73 Å². The fourth-order valence-corrected chi connectivity index (χ4v) is 3.83. The second-order valence-corrected chi connectivity index (χ2v) is 6.35. The second kappa shape index (κ2) is 5.51. The van der Waals surface area contributed by atoms with E-state index in [9.17, 15) is 0 Å². The van der Waals surface area contributed by atoms with Crippen molar-refractivity contribution < 1.29 is 0 Å². The Balaban J connectivity index is 2.06. The smallest absolute Gasteiger partial charge is 0.0416 e. The molecular formula is C14H24N2S. The lowest BCUT2D eigenvalue weighted by molar-refractivity contribution is 0.0990. The van der Waals surface area contributed by atoms with Crippen molar-refractivity contribution in [2.45, 2.75) is 33.2 Å². The molecule has 3 atom stereocenters. The Morgan fingerprint density at radius 2 is 2.35 bits per heavy atom. The van der Waals surface area contributed by atoms with Crippen LogP contribution in [0.5, 0.6) is 0 Å². The maximum Gasteiger partial charge on any atom is 0.0416 e. The average molecular weight is 252 g/mol. The minimum atomic E-state index is 0.552. The van der Waals surface area contributed by atoms with E-state index in [-0.39, 0.29) is 0 Å². The molecule has 3 unspecified atom stereocenters. The molecule has 0 spiro atoms. The van der Waals surface area contributed by atoms with E-state index in [1.165, 1.54) is 23.4 Å². The van der Waals surface area contributed by atoms with Crippen LogP contribution in [0, 0.1) is 18.8 Å². The molecule has 0 aromatic carbocycles. The van der Waals surface area contributed by atoms with Gasteiger partial charge in [0.15, 0.2) is 0 Å². The van der Waals surface area contributed by atoms with Gasteiger partial charge in [0, 0.05) is 17.5 Å². The highest BCUT2D eigenvalue weighted by molar-refractivity contribution is 7.10. The maximum atomic E-state index is 5.88. The molecule has 3 heteroatoms. The molecule has 1 aromatic heterocycles. The quantitative estimate of drug-likeness (QED) is 0.896. The first kappa shape index (κ1) is 13.1. The molecule has 2 nitrogen and oxygen atoms in total. The zero-order valence-electron chi connectivity index (χ0n) is 11.1. The Hall–Kier alpha value is -0.380. The summed E-state index contributed by atoms with van der Waals surface area (Å²) in [6.07, 6.45) is 1.29. The Morgan fingerprint density at radius 1 is 1.59 bits per heavy atom. The number of hydrogen-bond donors (Lipinski definition) is 1. The van der Waals surface area contributed by atoms with Crippen LogP contribution in [0.4, 0.5) is 0 Å². The zero-order chi connectivity index (χ0) is 12.4. The number of piperidine rings is 1. The number of thiophene rings is 1.